The van der Waals surface area contributed by atoms with E-state index in [-0.39, 0.29) is 5.41 Å². The van der Waals surface area contributed by atoms with E-state index >= 15 is 0 Å². The third-order valence-corrected chi connectivity index (χ3v) is 4.83. The summed E-state index contributed by atoms with van der Waals surface area (Å²) in [6, 6.07) is 0. The van der Waals surface area contributed by atoms with Crippen molar-refractivity contribution in [2.24, 2.45) is 11.3 Å². The number of hydrogen-bond donors (Lipinski definition) is 2. The molecule has 2 fully saturated rings. The molecule has 1 aliphatic carbocycles. The Balaban J connectivity index is 1.97. The number of aliphatic hydroxyl groups is 2. The molecule has 3 heteroatoms. The Morgan fingerprint density at radius 2 is 2.06 bits per heavy atom. The van der Waals surface area contributed by atoms with Crippen LogP contribution in [0.25, 0.3) is 0 Å². The average molecular weight is 255 g/mol. The van der Waals surface area contributed by atoms with Crippen LogP contribution in [-0.2, 0) is 0 Å². The fourth-order valence-electron chi connectivity index (χ4n) is 4.04. The monoisotopic (exact) mass is 255 g/mol. The molecule has 1 saturated carbocycles. The zero-order valence-corrected chi connectivity index (χ0v) is 12.0. The second kappa shape index (κ2) is 5.48. The Bertz CT molecular complexity index is 280. The molecule has 1 heterocycles. The van der Waals surface area contributed by atoms with E-state index in [1.165, 1.54) is 12.8 Å². The highest BCUT2D eigenvalue weighted by atomic mass is 16.3. The molecule has 106 valence electrons. The molecule has 0 aromatic carbocycles. The first-order chi connectivity index (χ1) is 8.45. The lowest BCUT2D eigenvalue weighted by Crippen LogP contribution is -2.51. The van der Waals surface area contributed by atoms with Gasteiger partial charge in [0, 0.05) is 25.1 Å². The average Bonchev–Trinajstić information content (AvgIpc) is 2.27. The highest BCUT2D eigenvalue weighted by molar-refractivity contribution is 4.91. The molecule has 0 spiro atoms. The van der Waals surface area contributed by atoms with E-state index in [0.29, 0.717) is 6.61 Å². The fraction of sp³-hybridized carbons (Fsp3) is 1.00. The summed E-state index contributed by atoms with van der Waals surface area (Å²) >= 11 is 0. The standard InChI is InChI=1S/C15H29NO2/c1-13-5-3-7-15(9-13,12-17)11-16-8-4-6-14(2,18)10-16/h13,17-18H,3-12H2,1-2H3. The van der Waals surface area contributed by atoms with Crippen molar-refractivity contribution in [3.05, 3.63) is 0 Å². The molecule has 3 nitrogen and oxygen atoms in total. The van der Waals surface area contributed by atoms with Gasteiger partial charge in [0.15, 0.2) is 0 Å². The van der Waals surface area contributed by atoms with E-state index in [1.807, 2.05) is 6.92 Å². The van der Waals surface area contributed by atoms with Crippen LogP contribution in [0.2, 0.25) is 0 Å². The van der Waals surface area contributed by atoms with E-state index < -0.39 is 5.60 Å². The van der Waals surface area contributed by atoms with Crippen LogP contribution in [0.15, 0.2) is 0 Å². The highest BCUT2D eigenvalue weighted by Crippen LogP contribution is 2.40. The molecule has 0 radical (unpaired) electrons. The van der Waals surface area contributed by atoms with Gasteiger partial charge in [0.25, 0.3) is 0 Å². The van der Waals surface area contributed by atoms with Crippen molar-refractivity contribution in [2.45, 2.75) is 58.0 Å². The predicted octanol–water partition coefficient (Wildman–Crippen LogP) is 2.02. The van der Waals surface area contributed by atoms with E-state index in [9.17, 15) is 10.2 Å². The number of piperidine rings is 1. The highest BCUT2D eigenvalue weighted by Gasteiger charge is 2.38. The summed E-state index contributed by atoms with van der Waals surface area (Å²) in [6.07, 6.45) is 6.82. The van der Waals surface area contributed by atoms with Gasteiger partial charge in [0.05, 0.1) is 5.60 Å². The van der Waals surface area contributed by atoms with Crippen molar-refractivity contribution in [1.82, 2.24) is 4.90 Å². The number of β-amino-alcohol motifs (C(OH)–C–C–N with tert-alkyl or cyclic N) is 1. The van der Waals surface area contributed by atoms with Gasteiger partial charge < -0.3 is 10.2 Å². The Morgan fingerprint density at radius 1 is 1.28 bits per heavy atom. The number of aliphatic hydroxyl groups excluding tert-OH is 1. The summed E-state index contributed by atoms with van der Waals surface area (Å²) in [4.78, 5) is 2.37. The van der Waals surface area contributed by atoms with E-state index in [2.05, 4.69) is 11.8 Å². The summed E-state index contributed by atoms with van der Waals surface area (Å²) in [6.45, 7) is 7.35. The van der Waals surface area contributed by atoms with Gasteiger partial charge in [0.2, 0.25) is 0 Å². The first kappa shape index (κ1) is 14.3. The third kappa shape index (κ3) is 3.46. The maximum absolute atomic E-state index is 10.2. The van der Waals surface area contributed by atoms with Crippen LogP contribution in [0.3, 0.4) is 0 Å². The molecular formula is C15H29NO2. The van der Waals surface area contributed by atoms with Gasteiger partial charge in [-0.25, -0.2) is 0 Å². The van der Waals surface area contributed by atoms with Gasteiger partial charge in [-0.15, -0.1) is 0 Å². The smallest absolute Gasteiger partial charge is 0.0746 e. The Kier molecular flexibility index (Phi) is 4.35. The van der Waals surface area contributed by atoms with Crippen LogP contribution in [0.4, 0.5) is 0 Å². The Morgan fingerprint density at radius 3 is 2.67 bits per heavy atom. The molecule has 3 atom stereocenters. The number of hydrogen-bond acceptors (Lipinski definition) is 3. The van der Waals surface area contributed by atoms with E-state index in [4.69, 9.17) is 0 Å². The number of nitrogens with zero attached hydrogens (tertiary/aromatic N) is 1. The lowest BCUT2D eigenvalue weighted by molar-refractivity contribution is -0.0463. The molecule has 2 rings (SSSR count). The second-order valence-electron chi connectivity index (χ2n) is 7.17. The van der Waals surface area contributed by atoms with Crippen LogP contribution in [0.5, 0.6) is 0 Å². The minimum Gasteiger partial charge on any atom is -0.396 e. The first-order valence-corrected chi connectivity index (χ1v) is 7.50. The minimum absolute atomic E-state index is 0.0884. The van der Waals surface area contributed by atoms with Crippen LogP contribution < -0.4 is 0 Å². The largest absolute Gasteiger partial charge is 0.396 e. The molecule has 3 unspecified atom stereocenters. The van der Waals surface area contributed by atoms with Gasteiger partial charge >= 0.3 is 0 Å². The summed E-state index contributed by atoms with van der Waals surface area (Å²) in [5.41, 5.74) is -0.444. The SMILES string of the molecule is CC1CCCC(CO)(CN2CCCC(C)(O)C2)C1. The van der Waals surface area contributed by atoms with Crippen molar-refractivity contribution in [1.29, 1.82) is 0 Å². The summed E-state index contributed by atoms with van der Waals surface area (Å²) in [5.74, 6) is 0.733. The molecule has 2 aliphatic rings. The second-order valence-corrected chi connectivity index (χ2v) is 7.17. The molecule has 0 aromatic heterocycles. The van der Waals surface area contributed by atoms with Crippen LogP contribution in [0, 0.1) is 11.3 Å². The van der Waals surface area contributed by atoms with Gasteiger partial charge in [-0.05, 0) is 45.1 Å². The van der Waals surface area contributed by atoms with E-state index in [1.54, 1.807) is 0 Å². The van der Waals surface area contributed by atoms with Gasteiger partial charge in [-0.2, -0.15) is 0 Å². The quantitative estimate of drug-likeness (QED) is 0.811. The van der Waals surface area contributed by atoms with Crippen molar-refractivity contribution in [2.75, 3.05) is 26.2 Å². The summed E-state index contributed by atoms with van der Waals surface area (Å²) < 4.78 is 0. The zero-order valence-electron chi connectivity index (χ0n) is 12.0. The normalized spacial score (nSPS) is 43.0. The summed E-state index contributed by atoms with van der Waals surface area (Å²) in [7, 11) is 0. The lowest BCUT2D eigenvalue weighted by Gasteiger charge is -2.45. The first-order valence-electron chi connectivity index (χ1n) is 7.50. The summed E-state index contributed by atoms with van der Waals surface area (Å²) in [5, 5.41) is 20.0. The molecule has 18 heavy (non-hydrogen) atoms. The van der Waals surface area contributed by atoms with Crippen LogP contribution >= 0.6 is 0 Å². The topological polar surface area (TPSA) is 43.7 Å². The minimum atomic E-state index is -0.533. The van der Waals surface area contributed by atoms with Crippen molar-refractivity contribution in [3.63, 3.8) is 0 Å². The maximum atomic E-state index is 10.2. The third-order valence-electron chi connectivity index (χ3n) is 4.83. The lowest BCUT2D eigenvalue weighted by atomic mass is 9.70. The zero-order chi connectivity index (χ0) is 13.2. The van der Waals surface area contributed by atoms with Crippen LogP contribution in [-0.4, -0.2) is 47.0 Å². The van der Waals surface area contributed by atoms with Gasteiger partial charge in [0.1, 0.15) is 0 Å². The molecule has 1 saturated heterocycles. The number of likely N-dealkylation sites (tertiary alicyclic amines) is 1. The van der Waals surface area contributed by atoms with Crippen molar-refractivity contribution in [3.8, 4) is 0 Å². The predicted molar refractivity (Wildman–Crippen MR) is 73.4 cm³/mol. The molecule has 2 N–H and O–H groups in total. The Labute approximate surface area is 111 Å². The molecule has 0 aromatic rings. The van der Waals surface area contributed by atoms with Crippen LogP contribution in [0.1, 0.15) is 52.4 Å². The van der Waals surface area contributed by atoms with Gasteiger partial charge in [-0.1, -0.05) is 19.8 Å². The maximum Gasteiger partial charge on any atom is 0.0746 e. The fourth-order valence-corrected chi connectivity index (χ4v) is 4.04. The van der Waals surface area contributed by atoms with Gasteiger partial charge in [-0.3, -0.25) is 4.90 Å². The molecule has 1 aliphatic heterocycles. The van der Waals surface area contributed by atoms with Crippen molar-refractivity contribution < 1.29 is 10.2 Å². The number of rotatable bonds is 3. The van der Waals surface area contributed by atoms with Crippen molar-refractivity contribution >= 4 is 0 Å². The molecule has 0 amide bonds. The van der Waals surface area contributed by atoms with E-state index in [0.717, 1.165) is 51.2 Å². The molecule has 0 bridgehead atoms. The Hall–Kier alpha value is -0.120. The molecular weight excluding hydrogens is 226 g/mol.